The van der Waals surface area contributed by atoms with Crippen molar-refractivity contribution in [1.82, 2.24) is 0 Å². The van der Waals surface area contributed by atoms with Gasteiger partial charge in [0.15, 0.2) is 0 Å². The smallest absolute Gasteiger partial charge is 0.0682 e. The van der Waals surface area contributed by atoms with Crippen molar-refractivity contribution < 1.29 is 35.6 Å². The van der Waals surface area contributed by atoms with E-state index in [4.69, 9.17) is 46.4 Å². The molecule has 0 aliphatic rings. The molecule has 5 heteroatoms. The van der Waals surface area contributed by atoms with Crippen LogP contribution in [0.3, 0.4) is 0 Å². The maximum absolute atomic E-state index is 4.99. The molecule has 0 bridgehead atoms. The molecule has 0 saturated heterocycles. The molecule has 0 nitrogen and oxygen atoms in total. The van der Waals surface area contributed by atoms with Crippen LogP contribution in [0.15, 0.2) is 8.98 Å². The Morgan fingerprint density at radius 3 is 0.857 bits per heavy atom. The van der Waals surface area contributed by atoms with Crippen LogP contribution in [0.5, 0.6) is 0 Å². The average Bonchev–Trinajstić information content (AvgIpc) is 1.36. The van der Waals surface area contributed by atoms with E-state index in [2.05, 4.69) is 0 Å². The van der Waals surface area contributed by atoms with Crippen molar-refractivity contribution in [2.75, 3.05) is 0 Å². The molecular formula is C2Cl4La. The third-order valence-corrected chi connectivity index (χ3v) is 1.29. The molecule has 0 aliphatic heterocycles. The first kappa shape index (κ1) is 11.8. The van der Waals surface area contributed by atoms with E-state index in [0.717, 1.165) is 0 Å². The van der Waals surface area contributed by atoms with E-state index >= 15 is 0 Å². The molecule has 0 saturated carbocycles. The van der Waals surface area contributed by atoms with Crippen LogP contribution in [-0.2, 0) is 0 Å². The number of hydrogen-bond donors (Lipinski definition) is 0. The molecule has 0 unspecified atom stereocenters. The average molecular weight is 305 g/mol. The SMILES string of the molecule is ClC(Cl)=C(Cl)Cl.[La]. The molecule has 0 heterocycles. The Morgan fingerprint density at radius 2 is 0.857 bits per heavy atom. The van der Waals surface area contributed by atoms with Crippen LogP contribution in [0.1, 0.15) is 0 Å². The number of halogens is 4. The van der Waals surface area contributed by atoms with Crippen LogP contribution in [0.25, 0.3) is 0 Å². The molecule has 1 radical (unpaired) electrons. The van der Waals surface area contributed by atoms with Crippen molar-refractivity contribution in [1.29, 1.82) is 0 Å². The predicted octanol–water partition coefficient (Wildman–Crippen LogP) is 3.07. The second-order valence-corrected chi connectivity index (χ2v) is 2.42. The summed E-state index contributed by atoms with van der Waals surface area (Å²) in [6.45, 7) is 0. The van der Waals surface area contributed by atoms with Gasteiger partial charge in [0.25, 0.3) is 0 Å². The first-order chi connectivity index (χ1) is 2.64. The first-order valence-electron chi connectivity index (χ1n) is 1.01. The van der Waals surface area contributed by atoms with Gasteiger partial charge >= 0.3 is 0 Å². The fourth-order valence-corrected chi connectivity index (χ4v) is 0. The van der Waals surface area contributed by atoms with Crippen LogP contribution in [-0.4, -0.2) is 0 Å². The van der Waals surface area contributed by atoms with Gasteiger partial charge in [-0.3, -0.25) is 0 Å². The quantitative estimate of drug-likeness (QED) is 0.645. The van der Waals surface area contributed by atoms with Gasteiger partial charge in [0, 0.05) is 35.6 Å². The van der Waals surface area contributed by atoms with Crippen molar-refractivity contribution in [3.05, 3.63) is 8.98 Å². The summed E-state index contributed by atoms with van der Waals surface area (Å²) >= 11 is 20.0. The normalized spacial score (nSPS) is 6.86. The Balaban J connectivity index is 0. The van der Waals surface area contributed by atoms with Crippen LogP contribution < -0.4 is 0 Å². The summed E-state index contributed by atoms with van der Waals surface area (Å²) in [5.41, 5.74) is 0. The molecule has 0 aromatic rings. The van der Waals surface area contributed by atoms with Crippen LogP contribution in [0.2, 0.25) is 0 Å². The minimum Gasteiger partial charge on any atom is -0.0682 e. The standard InChI is InChI=1S/C2Cl4.La/c3-1(4)2(5)6;. The molecule has 0 atom stereocenters. The number of hydrogen-bond acceptors (Lipinski definition) is 0. The summed E-state index contributed by atoms with van der Waals surface area (Å²) in [4.78, 5) is 0. The summed E-state index contributed by atoms with van der Waals surface area (Å²) in [5, 5.41) is 0. The zero-order chi connectivity index (χ0) is 5.15. The topological polar surface area (TPSA) is 0 Å². The molecule has 39 valence electrons. The second kappa shape index (κ2) is 6.22. The Labute approximate surface area is 89.7 Å². The Hall–Kier alpha value is 2.09. The van der Waals surface area contributed by atoms with Crippen molar-refractivity contribution in [3.8, 4) is 0 Å². The molecule has 0 N–H and O–H groups in total. The zero-order valence-corrected chi connectivity index (χ0v) is 9.74. The van der Waals surface area contributed by atoms with Crippen LogP contribution in [0.4, 0.5) is 0 Å². The number of rotatable bonds is 0. The summed E-state index contributed by atoms with van der Waals surface area (Å²) in [7, 11) is 0. The Bertz CT molecular complexity index is 59.8. The molecule has 0 amide bonds. The van der Waals surface area contributed by atoms with Gasteiger partial charge in [-0.05, 0) is 0 Å². The first-order valence-corrected chi connectivity index (χ1v) is 2.52. The molecule has 0 spiro atoms. The fourth-order valence-electron chi connectivity index (χ4n) is 0. The third kappa shape index (κ3) is 8.09. The maximum Gasteiger partial charge on any atom is 0.136 e. The Morgan fingerprint density at radius 1 is 0.714 bits per heavy atom. The van der Waals surface area contributed by atoms with E-state index in [9.17, 15) is 0 Å². The van der Waals surface area contributed by atoms with Crippen molar-refractivity contribution >= 4 is 46.4 Å². The third-order valence-electron chi connectivity index (χ3n) is 0.143. The summed E-state index contributed by atoms with van der Waals surface area (Å²) < 4.78 is -0.198. The van der Waals surface area contributed by atoms with Gasteiger partial charge in [-0.2, -0.15) is 0 Å². The van der Waals surface area contributed by atoms with Gasteiger partial charge in [-0.25, -0.2) is 0 Å². The van der Waals surface area contributed by atoms with Gasteiger partial charge in [0.2, 0.25) is 0 Å². The van der Waals surface area contributed by atoms with E-state index < -0.39 is 0 Å². The van der Waals surface area contributed by atoms with Crippen LogP contribution in [0, 0.1) is 35.6 Å². The van der Waals surface area contributed by atoms with E-state index in [1.165, 1.54) is 0 Å². The van der Waals surface area contributed by atoms with E-state index in [1.807, 2.05) is 0 Å². The van der Waals surface area contributed by atoms with Gasteiger partial charge in [-0.1, -0.05) is 46.4 Å². The maximum atomic E-state index is 4.99. The molecule has 0 rings (SSSR count). The van der Waals surface area contributed by atoms with E-state index in [1.54, 1.807) is 0 Å². The molecule has 0 aliphatic carbocycles. The minimum absolute atomic E-state index is 0. The largest absolute Gasteiger partial charge is 0.136 e. The van der Waals surface area contributed by atoms with E-state index in [-0.39, 0.29) is 44.6 Å². The Kier molecular flexibility index (Phi) is 10.5. The fraction of sp³-hybridized carbons (Fsp3) is 0. The van der Waals surface area contributed by atoms with Gasteiger partial charge in [0.1, 0.15) is 8.98 Å². The predicted molar refractivity (Wildman–Crippen MR) is 30.4 cm³/mol. The van der Waals surface area contributed by atoms with Crippen molar-refractivity contribution in [3.63, 3.8) is 0 Å². The molecule has 0 aromatic heterocycles. The van der Waals surface area contributed by atoms with Gasteiger partial charge < -0.3 is 0 Å². The molecule has 0 aromatic carbocycles. The van der Waals surface area contributed by atoms with E-state index in [0.29, 0.717) is 0 Å². The summed E-state index contributed by atoms with van der Waals surface area (Å²) in [6, 6.07) is 0. The monoisotopic (exact) mass is 303 g/mol. The van der Waals surface area contributed by atoms with Crippen molar-refractivity contribution in [2.45, 2.75) is 0 Å². The minimum atomic E-state index is -0.0988. The zero-order valence-electron chi connectivity index (χ0n) is 3.09. The molecule has 7 heavy (non-hydrogen) atoms. The second-order valence-electron chi connectivity index (χ2n) is 0.521. The molecule has 0 fully saturated rings. The summed E-state index contributed by atoms with van der Waals surface area (Å²) in [5.74, 6) is 0. The summed E-state index contributed by atoms with van der Waals surface area (Å²) in [6.07, 6.45) is 0. The van der Waals surface area contributed by atoms with Crippen LogP contribution >= 0.6 is 46.4 Å². The van der Waals surface area contributed by atoms with Gasteiger partial charge in [0.05, 0.1) is 0 Å². The van der Waals surface area contributed by atoms with Crippen molar-refractivity contribution in [2.24, 2.45) is 0 Å². The van der Waals surface area contributed by atoms with Gasteiger partial charge in [-0.15, -0.1) is 0 Å². The molecular weight excluding hydrogens is 305 g/mol.